The van der Waals surface area contributed by atoms with Gasteiger partial charge in [0.2, 0.25) is 0 Å². The minimum absolute atomic E-state index is 0.127. The van der Waals surface area contributed by atoms with Gasteiger partial charge >= 0.3 is 6.18 Å². The van der Waals surface area contributed by atoms with Crippen molar-refractivity contribution in [2.24, 2.45) is 0 Å². The number of aliphatic hydroxyl groups is 1. The summed E-state index contributed by atoms with van der Waals surface area (Å²) in [7, 11) is 0. The van der Waals surface area contributed by atoms with Crippen molar-refractivity contribution in [2.45, 2.75) is 11.3 Å². The number of hydrogen-bond donors (Lipinski definition) is 3. The lowest BCUT2D eigenvalue weighted by atomic mass is 10.2. The lowest BCUT2D eigenvalue weighted by molar-refractivity contribution is -0.141. The number of aromatic amines is 2. The zero-order chi connectivity index (χ0) is 19.6. The third kappa shape index (κ3) is 4.12. The molecular formula is C16H10F3N5O2S. The second kappa shape index (κ2) is 7.16. The molecule has 0 saturated heterocycles. The third-order valence-electron chi connectivity index (χ3n) is 3.38. The molecule has 3 rings (SSSR count). The summed E-state index contributed by atoms with van der Waals surface area (Å²) in [6.45, 7) is 0. The molecule has 0 fully saturated rings. The first kappa shape index (κ1) is 18.5. The van der Waals surface area contributed by atoms with Crippen molar-refractivity contribution in [3.8, 4) is 6.07 Å². The van der Waals surface area contributed by atoms with Gasteiger partial charge < -0.3 is 15.1 Å². The number of thioether (sulfide) groups is 1. The molecule has 0 aliphatic rings. The van der Waals surface area contributed by atoms with E-state index in [0.717, 1.165) is 0 Å². The zero-order valence-corrected chi connectivity index (χ0v) is 14.1. The van der Waals surface area contributed by atoms with E-state index in [1.165, 1.54) is 0 Å². The Kier molecular flexibility index (Phi) is 4.91. The molecule has 138 valence electrons. The largest absolute Gasteiger partial charge is 0.510 e. The van der Waals surface area contributed by atoms with Crippen LogP contribution in [0.4, 0.5) is 13.2 Å². The normalized spacial score (nSPS) is 12.7. The van der Waals surface area contributed by atoms with Crippen LogP contribution in [-0.4, -0.2) is 30.8 Å². The van der Waals surface area contributed by atoms with Crippen molar-refractivity contribution in [3.05, 3.63) is 58.0 Å². The highest BCUT2D eigenvalue weighted by atomic mass is 32.2. The van der Waals surface area contributed by atoms with Crippen LogP contribution in [0.25, 0.3) is 16.6 Å². The van der Waals surface area contributed by atoms with Crippen LogP contribution in [0.1, 0.15) is 11.5 Å². The minimum atomic E-state index is -4.77. The molecule has 2 aromatic heterocycles. The molecule has 0 bridgehead atoms. The van der Waals surface area contributed by atoms with Crippen molar-refractivity contribution in [1.82, 2.24) is 19.9 Å². The number of imidazole rings is 1. The molecule has 2 heterocycles. The SMILES string of the molecule is N#C/C(=C(/O)CSc1nc(C(F)(F)F)cc(=O)[nH]1)c1nc2ccccc2[nH]1. The highest BCUT2D eigenvalue weighted by molar-refractivity contribution is 7.99. The molecule has 0 aliphatic carbocycles. The van der Waals surface area contributed by atoms with Crippen molar-refractivity contribution in [3.63, 3.8) is 0 Å². The van der Waals surface area contributed by atoms with Crippen molar-refractivity contribution in [1.29, 1.82) is 5.26 Å². The molecule has 0 radical (unpaired) electrons. The Morgan fingerprint density at radius 3 is 2.67 bits per heavy atom. The smallest absolute Gasteiger partial charge is 0.433 e. The number of nitrogens with one attached hydrogen (secondary N) is 2. The molecule has 0 aliphatic heterocycles. The number of aromatic nitrogens is 4. The fourth-order valence-corrected chi connectivity index (χ4v) is 2.94. The molecule has 0 atom stereocenters. The zero-order valence-electron chi connectivity index (χ0n) is 13.3. The highest BCUT2D eigenvalue weighted by Crippen LogP contribution is 2.28. The summed E-state index contributed by atoms with van der Waals surface area (Å²) in [6, 6.07) is 9.14. The lowest BCUT2D eigenvalue weighted by Crippen LogP contribution is -2.16. The quantitative estimate of drug-likeness (QED) is 0.271. The van der Waals surface area contributed by atoms with Crippen LogP contribution in [0.3, 0.4) is 0 Å². The number of aliphatic hydroxyl groups excluding tert-OH is 1. The van der Waals surface area contributed by atoms with E-state index in [0.29, 0.717) is 28.9 Å². The van der Waals surface area contributed by atoms with Gasteiger partial charge in [0.25, 0.3) is 5.56 Å². The summed E-state index contributed by atoms with van der Waals surface area (Å²) in [5, 5.41) is 19.2. The molecule has 0 amide bonds. The molecule has 0 saturated carbocycles. The topological polar surface area (TPSA) is 118 Å². The van der Waals surface area contributed by atoms with Gasteiger partial charge in [0, 0.05) is 6.07 Å². The standard InChI is InChI=1S/C16H10F3N5O2S/c17-16(18,19)12-5-13(26)24-15(23-12)27-7-11(25)8(6-20)14-21-9-3-1-2-4-10(9)22-14/h1-5,25H,7H2,(H,21,22)(H,23,24,26)/b11-8-. The summed E-state index contributed by atoms with van der Waals surface area (Å²) < 4.78 is 38.1. The van der Waals surface area contributed by atoms with Gasteiger partial charge in [0.15, 0.2) is 16.7 Å². The Labute approximate surface area is 153 Å². The molecule has 3 aromatic rings. The van der Waals surface area contributed by atoms with Crippen LogP contribution in [-0.2, 0) is 6.18 Å². The van der Waals surface area contributed by atoms with Crippen LogP contribution in [0, 0.1) is 11.3 Å². The van der Waals surface area contributed by atoms with E-state index in [-0.39, 0.29) is 22.3 Å². The van der Waals surface area contributed by atoms with Crippen molar-refractivity contribution in [2.75, 3.05) is 5.75 Å². The van der Waals surface area contributed by atoms with Crippen molar-refractivity contribution >= 4 is 28.4 Å². The number of alkyl halides is 3. The molecule has 11 heteroatoms. The van der Waals surface area contributed by atoms with E-state index in [1.807, 2.05) is 6.07 Å². The van der Waals surface area contributed by atoms with Crippen LogP contribution in [0.15, 0.2) is 46.0 Å². The van der Waals surface area contributed by atoms with Gasteiger partial charge in [-0.05, 0) is 12.1 Å². The molecular weight excluding hydrogens is 383 g/mol. The summed E-state index contributed by atoms with van der Waals surface area (Å²) in [4.78, 5) is 23.9. The number of nitriles is 1. The number of hydrogen-bond acceptors (Lipinski definition) is 6. The second-order valence-corrected chi connectivity index (χ2v) is 6.22. The van der Waals surface area contributed by atoms with Gasteiger partial charge in [0.05, 0.1) is 16.8 Å². The van der Waals surface area contributed by atoms with Gasteiger partial charge in [-0.15, -0.1) is 0 Å². The van der Waals surface area contributed by atoms with Crippen LogP contribution >= 0.6 is 11.8 Å². The van der Waals surface area contributed by atoms with Gasteiger partial charge in [-0.1, -0.05) is 23.9 Å². The number of para-hydroxylation sites is 2. The summed E-state index contributed by atoms with van der Waals surface area (Å²) >= 11 is 0.651. The average Bonchev–Trinajstić information content (AvgIpc) is 3.03. The van der Waals surface area contributed by atoms with E-state index in [2.05, 4.69) is 19.9 Å². The first-order chi connectivity index (χ1) is 12.8. The number of halogens is 3. The van der Waals surface area contributed by atoms with E-state index in [4.69, 9.17) is 0 Å². The van der Waals surface area contributed by atoms with Gasteiger partial charge in [0.1, 0.15) is 17.4 Å². The molecule has 7 nitrogen and oxygen atoms in total. The third-order valence-corrected chi connectivity index (χ3v) is 4.27. The maximum atomic E-state index is 12.7. The molecule has 27 heavy (non-hydrogen) atoms. The van der Waals surface area contributed by atoms with Gasteiger partial charge in [-0.3, -0.25) is 4.79 Å². The summed E-state index contributed by atoms with van der Waals surface area (Å²) in [5.74, 6) is -0.576. The van der Waals surface area contributed by atoms with Crippen molar-refractivity contribution < 1.29 is 18.3 Å². The van der Waals surface area contributed by atoms with E-state index in [1.54, 1.807) is 24.3 Å². The molecule has 3 N–H and O–H groups in total. The van der Waals surface area contributed by atoms with Crippen LogP contribution in [0.2, 0.25) is 0 Å². The van der Waals surface area contributed by atoms with E-state index >= 15 is 0 Å². The summed E-state index contributed by atoms with van der Waals surface area (Å²) in [6.07, 6.45) is -4.77. The fraction of sp³-hybridized carbons (Fsp3) is 0.125. The van der Waals surface area contributed by atoms with Gasteiger partial charge in [-0.25, -0.2) is 9.97 Å². The predicted molar refractivity (Wildman–Crippen MR) is 91.8 cm³/mol. The average molecular weight is 393 g/mol. The Morgan fingerprint density at radius 2 is 2.00 bits per heavy atom. The number of rotatable bonds is 4. The van der Waals surface area contributed by atoms with Gasteiger partial charge in [-0.2, -0.15) is 18.4 Å². The Bertz CT molecular complexity index is 1090. The molecule has 0 unspecified atom stereocenters. The highest BCUT2D eigenvalue weighted by Gasteiger charge is 2.33. The first-order valence-corrected chi connectivity index (χ1v) is 8.35. The summed E-state index contributed by atoms with van der Waals surface area (Å²) in [5.41, 5.74) is -1.22. The Morgan fingerprint density at radius 1 is 1.26 bits per heavy atom. The predicted octanol–water partition coefficient (Wildman–Crippen LogP) is 3.25. The molecule has 0 spiro atoms. The Hall–Kier alpha value is -3.26. The number of benzene rings is 1. The van der Waals surface area contributed by atoms with Crippen LogP contribution in [0.5, 0.6) is 0 Å². The second-order valence-electron chi connectivity index (χ2n) is 5.26. The number of nitrogens with zero attached hydrogens (tertiary/aromatic N) is 3. The number of H-pyrrole nitrogens is 2. The lowest BCUT2D eigenvalue weighted by Gasteiger charge is -2.07. The fourth-order valence-electron chi connectivity index (χ4n) is 2.18. The first-order valence-electron chi connectivity index (χ1n) is 7.36. The number of allylic oxidation sites excluding steroid dienone is 1. The number of fused-ring (bicyclic) bond motifs is 1. The van der Waals surface area contributed by atoms with E-state index in [9.17, 15) is 28.3 Å². The molecule has 1 aromatic carbocycles. The van der Waals surface area contributed by atoms with E-state index < -0.39 is 23.2 Å². The van der Waals surface area contributed by atoms with Crippen LogP contribution < -0.4 is 5.56 Å². The minimum Gasteiger partial charge on any atom is -0.510 e. The monoisotopic (exact) mass is 393 g/mol. The maximum absolute atomic E-state index is 12.7. The Balaban J connectivity index is 1.87. The maximum Gasteiger partial charge on any atom is 0.433 e.